The van der Waals surface area contributed by atoms with Crippen LogP contribution in [0.25, 0.3) is 0 Å². The van der Waals surface area contributed by atoms with Crippen LogP contribution >= 0.6 is 35.0 Å². The highest BCUT2D eigenvalue weighted by Gasteiger charge is 2.38. The summed E-state index contributed by atoms with van der Waals surface area (Å²) >= 11 is 13.9. The fraction of sp³-hybridized carbons (Fsp3) is 0.409. The molecular weight excluding hydrogens is 443 g/mol. The summed E-state index contributed by atoms with van der Waals surface area (Å²) in [6, 6.07) is 7.45. The molecule has 1 N–H and O–H groups in total. The van der Waals surface area contributed by atoms with Crippen molar-refractivity contribution in [3.8, 4) is 6.07 Å². The molecule has 1 aromatic rings. The second-order valence-electron chi connectivity index (χ2n) is 7.09. The summed E-state index contributed by atoms with van der Waals surface area (Å²) in [5, 5.41) is 14.5. The van der Waals surface area contributed by atoms with Crippen molar-refractivity contribution in [1.82, 2.24) is 5.32 Å². The van der Waals surface area contributed by atoms with Crippen LogP contribution in [0.2, 0.25) is 10.0 Å². The van der Waals surface area contributed by atoms with Gasteiger partial charge < -0.3 is 10.1 Å². The van der Waals surface area contributed by atoms with E-state index in [1.165, 1.54) is 11.8 Å². The smallest absolute Gasteiger partial charge is 0.316 e. The van der Waals surface area contributed by atoms with Crippen LogP contribution in [0.4, 0.5) is 0 Å². The van der Waals surface area contributed by atoms with Gasteiger partial charge in [0.2, 0.25) is 0 Å². The number of halogens is 2. The minimum atomic E-state index is -0.608. The maximum Gasteiger partial charge on any atom is 0.316 e. The number of carbonyl (C=O) groups excluding carboxylic acids is 2. The van der Waals surface area contributed by atoms with Crippen LogP contribution in [-0.4, -0.2) is 24.1 Å². The molecular formula is C22H22Cl2N2O3S. The summed E-state index contributed by atoms with van der Waals surface area (Å²) in [7, 11) is 0. The fourth-order valence-electron chi connectivity index (χ4n) is 3.59. The number of nitrogens with one attached hydrogen (secondary N) is 1. The van der Waals surface area contributed by atoms with Crippen molar-refractivity contribution in [2.45, 2.75) is 44.9 Å². The molecule has 0 radical (unpaired) electrons. The van der Waals surface area contributed by atoms with E-state index in [0.717, 1.165) is 25.0 Å². The number of nitriles is 1. The number of rotatable bonds is 7. The molecule has 2 aliphatic rings. The largest absolute Gasteiger partial charge is 0.465 e. The summed E-state index contributed by atoms with van der Waals surface area (Å²) in [6.45, 7) is 2.41. The number of Topliss-reactive ketones (excluding diaryl/α,β-unsaturated/α-hetero) is 1. The molecule has 0 saturated carbocycles. The molecule has 1 unspecified atom stereocenters. The Morgan fingerprint density at radius 3 is 2.90 bits per heavy atom. The van der Waals surface area contributed by atoms with Gasteiger partial charge in [-0.1, -0.05) is 60.4 Å². The van der Waals surface area contributed by atoms with Crippen LogP contribution in [-0.2, 0) is 14.3 Å². The van der Waals surface area contributed by atoms with Gasteiger partial charge in [0.25, 0.3) is 0 Å². The fourth-order valence-corrected chi connectivity index (χ4v) is 4.87. The number of carbonyl (C=O) groups is 2. The van der Waals surface area contributed by atoms with E-state index in [0.29, 0.717) is 51.2 Å². The van der Waals surface area contributed by atoms with E-state index in [2.05, 4.69) is 11.4 Å². The number of hydrogen-bond donors (Lipinski definition) is 1. The highest BCUT2D eigenvalue weighted by atomic mass is 35.5. The van der Waals surface area contributed by atoms with Crippen molar-refractivity contribution in [2.24, 2.45) is 0 Å². The lowest BCUT2D eigenvalue weighted by atomic mass is 9.77. The molecule has 0 amide bonds. The first kappa shape index (κ1) is 22.7. The van der Waals surface area contributed by atoms with Crippen molar-refractivity contribution in [3.05, 3.63) is 55.7 Å². The van der Waals surface area contributed by atoms with Gasteiger partial charge in [0.1, 0.15) is 0 Å². The summed E-state index contributed by atoms with van der Waals surface area (Å²) < 4.78 is 5.21. The van der Waals surface area contributed by atoms with Crippen LogP contribution in [0.3, 0.4) is 0 Å². The van der Waals surface area contributed by atoms with E-state index in [-0.39, 0.29) is 17.5 Å². The third kappa shape index (κ3) is 4.85. The normalized spacial score (nSPS) is 18.6. The maximum absolute atomic E-state index is 12.8. The zero-order valence-electron chi connectivity index (χ0n) is 16.6. The van der Waals surface area contributed by atoms with Crippen molar-refractivity contribution in [3.63, 3.8) is 0 Å². The predicted octanol–water partition coefficient (Wildman–Crippen LogP) is 5.50. The minimum absolute atomic E-state index is 0.000525. The molecule has 5 nitrogen and oxygen atoms in total. The number of allylic oxidation sites excluding steroid dienone is 3. The van der Waals surface area contributed by atoms with E-state index in [1.54, 1.807) is 18.2 Å². The molecule has 1 aliphatic carbocycles. The summed E-state index contributed by atoms with van der Waals surface area (Å²) in [5.74, 6) is -0.870. The Balaban J connectivity index is 1.97. The van der Waals surface area contributed by atoms with Crippen LogP contribution in [0.5, 0.6) is 0 Å². The molecule has 8 heteroatoms. The van der Waals surface area contributed by atoms with E-state index in [9.17, 15) is 14.9 Å². The number of esters is 1. The van der Waals surface area contributed by atoms with E-state index >= 15 is 0 Å². The molecule has 1 heterocycles. The van der Waals surface area contributed by atoms with Gasteiger partial charge in [-0.05, 0) is 30.9 Å². The number of hydrogen-bond acceptors (Lipinski definition) is 6. The Morgan fingerprint density at radius 1 is 1.37 bits per heavy atom. The first-order valence-electron chi connectivity index (χ1n) is 9.87. The zero-order chi connectivity index (χ0) is 21.7. The Kier molecular flexibility index (Phi) is 7.87. The van der Waals surface area contributed by atoms with Gasteiger partial charge in [-0.2, -0.15) is 5.26 Å². The second-order valence-corrected chi connectivity index (χ2v) is 8.86. The molecule has 0 bridgehead atoms. The third-order valence-electron chi connectivity index (χ3n) is 5.05. The summed E-state index contributed by atoms with van der Waals surface area (Å²) in [5.41, 5.74) is 2.33. The molecule has 0 saturated heterocycles. The average Bonchev–Trinajstić information content (AvgIpc) is 2.73. The van der Waals surface area contributed by atoms with Crippen molar-refractivity contribution < 1.29 is 14.3 Å². The van der Waals surface area contributed by atoms with E-state index in [4.69, 9.17) is 27.9 Å². The topological polar surface area (TPSA) is 79.2 Å². The number of thioether (sulfide) groups is 1. The monoisotopic (exact) mass is 464 g/mol. The second kappa shape index (κ2) is 10.4. The molecule has 0 aromatic heterocycles. The van der Waals surface area contributed by atoms with E-state index in [1.807, 2.05) is 6.92 Å². The number of ketones is 1. The molecule has 3 rings (SSSR count). The molecule has 158 valence electrons. The Morgan fingerprint density at radius 2 is 2.17 bits per heavy atom. The Bertz CT molecular complexity index is 966. The lowest BCUT2D eigenvalue weighted by Gasteiger charge is -2.33. The van der Waals surface area contributed by atoms with Crippen molar-refractivity contribution in [1.29, 1.82) is 5.26 Å². The number of benzene rings is 1. The summed E-state index contributed by atoms with van der Waals surface area (Å²) in [4.78, 5) is 24.9. The molecule has 0 fully saturated rings. The van der Waals surface area contributed by atoms with E-state index < -0.39 is 5.92 Å². The maximum atomic E-state index is 12.8. The van der Waals surface area contributed by atoms with Crippen LogP contribution in [0.15, 0.2) is 40.1 Å². The van der Waals surface area contributed by atoms with Gasteiger partial charge in [-0.3, -0.25) is 9.59 Å². The van der Waals surface area contributed by atoms with Gasteiger partial charge >= 0.3 is 5.97 Å². The minimum Gasteiger partial charge on any atom is -0.465 e. The van der Waals surface area contributed by atoms with Crippen LogP contribution < -0.4 is 5.32 Å². The lowest BCUT2D eigenvalue weighted by molar-refractivity contribution is -0.140. The standard InChI is InChI=1S/C22H22Cl2N2O3S/c1-2-3-10-29-18(28)12-30-22-14(11-25)19(13-6-4-7-15(23)21(13)24)20-16(26-22)8-5-9-17(20)27/h4,6-7,19,26H,2-3,5,8-10,12H2,1H3. The predicted molar refractivity (Wildman–Crippen MR) is 119 cm³/mol. The van der Waals surface area contributed by atoms with Crippen LogP contribution in [0, 0.1) is 11.3 Å². The highest BCUT2D eigenvalue weighted by Crippen LogP contribution is 2.46. The molecule has 1 aliphatic heterocycles. The van der Waals surface area contributed by atoms with Gasteiger partial charge in [-0.25, -0.2) is 0 Å². The first-order chi connectivity index (χ1) is 14.5. The van der Waals surface area contributed by atoms with Crippen molar-refractivity contribution >= 4 is 46.7 Å². The third-order valence-corrected chi connectivity index (χ3v) is 6.87. The number of dihydropyridines is 1. The quantitative estimate of drug-likeness (QED) is 0.423. The molecule has 30 heavy (non-hydrogen) atoms. The Hall–Kier alpha value is -1.94. The van der Waals surface area contributed by atoms with Gasteiger partial charge in [0, 0.05) is 17.7 Å². The summed E-state index contributed by atoms with van der Waals surface area (Å²) in [6.07, 6.45) is 3.62. The zero-order valence-corrected chi connectivity index (χ0v) is 18.9. The Labute approximate surface area is 190 Å². The molecule has 0 spiro atoms. The molecule has 1 atom stereocenters. The van der Waals surface area contributed by atoms with Crippen LogP contribution in [0.1, 0.15) is 50.5 Å². The lowest BCUT2D eigenvalue weighted by Crippen LogP contribution is -2.31. The SMILES string of the molecule is CCCCOC(=O)CSC1=C(C#N)C(c2cccc(Cl)c2Cl)C2=C(CCCC2=O)N1. The number of nitrogens with zero attached hydrogens (tertiary/aromatic N) is 1. The van der Waals surface area contributed by atoms with Crippen molar-refractivity contribution in [2.75, 3.05) is 12.4 Å². The number of unbranched alkanes of at least 4 members (excludes halogenated alkanes) is 1. The first-order valence-corrected chi connectivity index (χ1v) is 11.6. The number of ether oxygens (including phenoxy) is 1. The average molecular weight is 465 g/mol. The molecule has 1 aromatic carbocycles. The van der Waals surface area contributed by atoms with Gasteiger partial charge in [0.15, 0.2) is 5.78 Å². The van der Waals surface area contributed by atoms with Gasteiger partial charge in [-0.15, -0.1) is 0 Å². The highest BCUT2D eigenvalue weighted by molar-refractivity contribution is 8.03. The van der Waals surface area contributed by atoms with Gasteiger partial charge in [0.05, 0.1) is 45.0 Å².